The molecule has 2 N–H and O–H groups in total. The number of nitrogens with two attached hydrogens (primary N) is 1. The van der Waals surface area contributed by atoms with E-state index < -0.39 is 17.2 Å². The third-order valence-corrected chi connectivity index (χ3v) is 5.10. The number of rotatable bonds is 8. The molecule has 0 saturated carbocycles. The van der Waals surface area contributed by atoms with Crippen LogP contribution in [0, 0.1) is 11.3 Å². The summed E-state index contributed by atoms with van der Waals surface area (Å²) in [6.45, 7) is 13.0. The summed E-state index contributed by atoms with van der Waals surface area (Å²) in [5.41, 5.74) is 7.14. The summed E-state index contributed by atoms with van der Waals surface area (Å²) in [5.74, 6) is 1.30. The van der Waals surface area contributed by atoms with Crippen molar-refractivity contribution >= 4 is 11.5 Å². The summed E-state index contributed by atoms with van der Waals surface area (Å²) in [7, 11) is 0. The van der Waals surface area contributed by atoms with E-state index >= 15 is 0 Å². The molecule has 0 aliphatic carbocycles. The third-order valence-electron chi connectivity index (χ3n) is 5.10. The molecule has 0 spiro atoms. The quantitative estimate of drug-likeness (QED) is 0.282. The monoisotopic (exact) mass is 462 g/mol. The first-order chi connectivity index (χ1) is 15.9. The summed E-state index contributed by atoms with van der Waals surface area (Å²) < 4.78 is 23.5. The minimum atomic E-state index is -0.816. The van der Waals surface area contributed by atoms with Crippen LogP contribution in [-0.2, 0) is 14.3 Å². The number of benzene rings is 2. The lowest BCUT2D eigenvalue weighted by Gasteiger charge is -2.32. The van der Waals surface area contributed by atoms with Crippen molar-refractivity contribution < 1.29 is 23.7 Å². The van der Waals surface area contributed by atoms with E-state index in [0.717, 1.165) is 11.1 Å². The van der Waals surface area contributed by atoms with Gasteiger partial charge in [0.15, 0.2) is 0 Å². The Morgan fingerprint density at radius 1 is 1.06 bits per heavy atom. The summed E-state index contributed by atoms with van der Waals surface area (Å²) >= 11 is 0. The Hall–Kier alpha value is -3.76. The molecule has 1 aliphatic heterocycles. The summed E-state index contributed by atoms with van der Waals surface area (Å²) in [6.07, 6.45) is 0. The number of fused-ring (bicyclic) bond motifs is 2. The fourth-order valence-electron chi connectivity index (χ4n) is 3.29. The molecule has 178 valence electrons. The van der Waals surface area contributed by atoms with Crippen LogP contribution in [-0.4, -0.2) is 30.4 Å². The maximum atomic E-state index is 11.8. The Morgan fingerprint density at radius 2 is 1.74 bits per heavy atom. The highest BCUT2D eigenvalue weighted by molar-refractivity contribution is 5.91. The molecule has 0 unspecified atom stereocenters. The van der Waals surface area contributed by atoms with E-state index in [1.54, 1.807) is 32.9 Å². The minimum Gasteiger partial charge on any atom is -0.490 e. The highest BCUT2D eigenvalue weighted by atomic mass is 16.6. The van der Waals surface area contributed by atoms with Gasteiger partial charge in [-0.1, -0.05) is 24.8 Å². The second-order valence-corrected chi connectivity index (χ2v) is 9.42. The predicted octanol–water partition coefficient (Wildman–Crippen LogP) is 5.11. The van der Waals surface area contributed by atoms with Crippen molar-refractivity contribution in [2.24, 2.45) is 5.73 Å². The molecule has 1 aliphatic rings. The number of hydrogen-bond donors (Lipinski definition) is 1. The molecular weight excluding hydrogens is 432 g/mol. The number of carbonyl (C=O) groups is 1. The summed E-state index contributed by atoms with van der Waals surface area (Å²) in [5, 5.41) is 9.41. The van der Waals surface area contributed by atoms with E-state index in [9.17, 15) is 10.1 Å². The van der Waals surface area contributed by atoms with Gasteiger partial charge in [-0.15, -0.1) is 0 Å². The zero-order chi connectivity index (χ0) is 25.1. The van der Waals surface area contributed by atoms with Crippen molar-refractivity contribution in [2.75, 3.05) is 13.2 Å². The first-order valence-corrected chi connectivity index (χ1v) is 10.9. The molecule has 0 saturated heterocycles. The number of nitriles is 1. The van der Waals surface area contributed by atoms with Crippen molar-refractivity contribution in [3.63, 3.8) is 0 Å². The summed E-state index contributed by atoms with van der Waals surface area (Å²) in [6, 6.07) is 14.9. The number of carbonyl (C=O) groups excluding carboxylic acids is 1. The van der Waals surface area contributed by atoms with E-state index in [4.69, 9.17) is 24.7 Å². The van der Waals surface area contributed by atoms with Gasteiger partial charge < -0.3 is 24.7 Å². The number of nitrogens with zero attached hydrogens (tertiary/aromatic N) is 1. The first-order valence-electron chi connectivity index (χ1n) is 10.9. The maximum Gasteiger partial charge on any atom is 0.333 e. The third kappa shape index (κ3) is 5.77. The van der Waals surface area contributed by atoms with Crippen LogP contribution in [0.4, 0.5) is 0 Å². The van der Waals surface area contributed by atoms with Gasteiger partial charge in [0.25, 0.3) is 0 Å². The average Bonchev–Trinajstić information content (AvgIpc) is 2.79. The van der Waals surface area contributed by atoms with Gasteiger partial charge in [0, 0.05) is 28.3 Å². The molecule has 1 heterocycles. The number of ether oxygens (including phenoxy) is 4. The van der Waals surface area contributed by atoms with Gasteiger partial charge in [-0.3, -0.25) is 0 Å². The number of allylic oxidation sites excluding steroid dienone is 1. The Balaban J connectivity index is 1.71. The van der Waals surface area contributed by atoms with Crippen LogP contribution in [0.1, 0.15) is 45.7 Å². The van der Waals surface area contributed by atoms with E-state index in [1.165, 1.54) is 0 Å². The molecule has 0 aromatic heterocycles. The first kappa shape index (κ1) is 24.9. The van der Waals surface area contributed by atoms with Gasteiger partial charge in [0.1, 0.15) is 41.2 Å². The number of hydrogen-bond acceptors (Lipinski definition) is 7. The van der Waals surface area contributed by atoms with Crippen molar-refractivity contribution in [1.29, 1.82) is 5.26 Å². The number of esters is 1. The highest BCUT2D eigenvalue weighted by Crippen LogP contribution is 2.45. The van der Waals surface area contributed by atoms with E-state index in [2.05, 4.69) is 6.58 Å². The highest BCUT2D eigenvalue weighted by Gasteiger charge is 2.29. The van der Waals surface area contributed by atoms with Crippen molar-refractivity contribution in [3.05, 3.63) is 71.4 Å². The van der Waals surface area contributed by atoms with Crippen molar-refractivity contribution in [3.8, 4) is 23.3 Å². The van der Waals surface area contributed by atoms with Crippen LogP contribution >= 0.6 is 0 Å². The molecule has 0 radical (unpaired) electrons. The van der Waals surface area contributed by atoms with Gasteiger partial charge in [0.05, 0.1) is 12.2 Å². The van der Waals surface area contributed by atoms with Crippen LogP contribution in [0.5, 0.6) is 17.2 Å². The lowest BCUT2D eigenvalue weighted by atomic mass is 9.92. The second kappa shape index (κ2) is 9.62. The molecule has 7 heteroatoms. The smallest absolute Gasteiger partial charge is 0.333 e. The fourth-order valence-corrected chi connectivity index (χ4v) is 3.29. The van der Waals surface area contributed by atoms with Crippen LogP contribution in [0.2, 0.25) is 0 Å². The normalized spacial score (nSPS) is 14.1. The zero-order valence-electron chi connectivity index (χ0n) is 20.2. The van der Waals surface area contributed by atoms with Crippen LogP contribution in [0.3, 0.4) is 0 Å². The van der Waals surface area contributed by atoms with E-state index in [0.29, 0.717) is 28.4 Å². The molecule has 0 atom stereocenters. The molecule has 3 rings (SSSR count). The summed E-state index contributed by atoms with van der Waals surface area (Å²) in [4.78, 5) is 11.8. The molecule has 7 nitrogen and oxygen atoms in total. The Morgan fingerprint density at radius 3 is 2.41 bits per heavy atom. The molecule has 2 aromatic carbocycles. The molecule has 0 fully saturated rings. The van der Waals surface area contributed by atoms with Gasteiger partial charge >= 0.3 is 5.97 Å². The lowest BCUT2D eigenvalue weighted by Crippen LogP contribution is -2.40. The molecule has 34 heavy (non-hydrogen) atoms. The molecule has 0 bridgehead atoms. The Bertz CT molecular complexity index is 1190. The largest absolute Gasteiger partial charge is 0.490 e. The topological polar surface area (TPSA) is 104 Å². The fraction of sp³-hybridized carbons (Fsp3) is 0.333. The standard InChI is InChI=1S/C27H30N2O5/c1-17(2)25(30)34-27(5,6)16-32-26(3,4)15-31-18-11-12-20-23(13-18)33-22-10-8-7-9-19(22)24(20)21(29)14-28/h7-13H,1,15-16,29H2,2-6H3/b24-21-. The van der Waals surface area contributed by atoms with Crippen molar-refractivity contribution in [2.45, 2.75) is 45.8 Å². The Labute approximate surface area is 200 Å². The van der Waals surface area contributed by atoms with E-state index in [1.807, 2.05) is 50.2 Å². The maximum absolute atomic E-state index is 11.8. The average molecular weight is 463 g/mol. The molecular formula is C27H30N2O5. The SMILES string of the molecule is C=C(C)C(=O)OC(C)(C)COC(C)(C)COc1ccc2c(c1)Oc1ccccc1/C2=C(/N)C#N. The van der Waals surface area contributed by atoms with Crippen LogP contribution in [0.15, 0.2) is 60.3 Å². The second-order valence-electron chi connectivity index (χ2n) is 9.42. The van der Waals surface area contributed by atoms with Crippen molar-refractivity contribution in [1.82, 2.24) is 0 Å². The Kier molecular flexibility index (Phi) is 7.04. The molecule has 0 amide bonds. The van der Waals surface area contributed by atoms with Gasteiger partial charge in [-0.2, -0.15) is 5.26 Å². The zero-order valence-corrected chi connectivity index (χ0v) is 20.2. The van der Waals surface area contributed by atoms with Crippen LogP contribution < -0.4 is 15.2 Å². The van der Waals surface area contributed by atoms with Gasteiger partial charge in [-0.25, -0.2) is 4.79 Å². The number of para-hydroxylation sites is 1. The molecule has 2 aromatic rings. The van der Waals surface area contributed by atoms with Crippen LogP contribution in [0.25, 0.3) is 5.57 Å². The predicted molar refractivity (Wildman–Crippen MR) is 129 cm³/mol. The minimum absolute atomic E-state index is 0.121. The van der Waals surface area contributed by atoms with Gasteiger partial charge in [0.2, 0.25) is 0 Å². The lowest BCUT2D eigenvalue weighted by molar-refractivity contribution is -0.165. The van der Waals surface area contributed by atoms with Gasteiger partial charge in [-0.05, 0) is 52.8 Å². The van der Waals surface area contributed by atoms with E-state index in [-0.39, 0.29) is 18.9 Å².